The summed E-state index contributed by atoms with van der Waals surface area (Å²) in [6.45, 7) is 1.72. The summed E-state index contributed by atoms with van der Waals surface area (Å²) in [6, 6.07) is 9.15. The van der Waals surface area contributed by atoms with Crippen molar-refractivity contribution in [2.45, 2.75) is 12.8 Å². The lowest BCUT2D eigenvalue weighted by molar-refractivity contribution is -0.149. The van der Waals surface area contributed by atoms with Crippen molar-refractivity contribution in [3.05, 3.63) is 35.9 Å². The molecular weight excluding hydrogens is 180 g/mol. The molecule has 0 aliphatic rings. The minimum atomic E-state index is -1.14. The third-order valence-corrected chi connectivity index (χ3v) is 2.05. The van der Waals surface area contributed by atoms with Gasteiger partial charge in [-0.3, -0.25) is 0 Å². The van der Waals surface area contributed by atoms with Gasteiger partial charge in [0.2, 0.25) is 0 Å². The van der Waals surface area contributed by atoms with E-state index >= 15 is 0 Å². The molecule has 72 valence electrons. The van der Waals surface area contributed by atoms with Crippen LogP contribution < -0.4 is 0 Å². The predicted molar refractivity (Wildman–Crippen MR) is 50.5 cm³/mol. The van der Waals surface area contributed by atoms with Crippen LogP contribution in [0.25, 0.3) is 0 Å². The molecule has 4 heteroatoms. The molecule has 0 heterocycles. The van der Waals surface area contributed by atoms with Gasteiger partial charge in [-0.25, -0.2) is 4.79 Å². The summed E-state index contributed by atoms with van der Waals surface area (Å²) >= 11 is 0. The fraction of sp³-hybridized carbons (Fsp3) is 0.200. The quantitative estimate of drug-likeness (QED) is 0.432. The monoisotopic (exact) mass is 191 g/mol. The second-order valence-electron chi connectivity index (χ2n) is 2.93. The van der Waals surface area contributed by atoms with Crippen molar-refractivity contribution in [3.8, 4) is 0 Å². The highest BCUT2D eigenvalue weighted by atomic mass is 16.4. The first-order valence-corrected chi connectivity index (χ1v) is 4.19. The molecule has 0 aliphatic heterocycles. The Morgan fingerprint density at radius 2 is 2.00 bits per heavy atom. The maximum Gasteiger partial charge on any atom is 0.431 e. The number of aliphatic carboxylic acids is 1. The molecule has 14 heavy (non-hydrogen) atoms. The standard InChI is InChI=1S/C10H10N2O2/c1-7(9(12-11)10(13)14)8-5-3-2-4-6-8/h2-7,11H,1H3/p+1. The first kappa shape index (κ1) is 10.2. The minimum absolute atomic E-state index is 0.142. The molecule has 0 fully saturated rings. The van der Waals surface area contributed by atoms with E-state index in [1.165, 1.54) is 0 Å². The van der Waals surface area contributed by atoms with E-state index < -0.39 is 5.97 Å². The Balaban J connectivity index is 3.02. The van der Waals surface area contributed by atoms with Gasteiger partial charge in [0.25, 0.3) is 0 Å². The van der Waals surface area contributed by atoms with E-state index in [1.807, 2.05) is 30.3 Å². The highest BCUT2D eigenvalue weighted by Gasteiger charge is 2.30. The van der Waals surface area contributed by atoms with Gasteiger partial charge in [0.05, 0.1) is 16.2 Å². The Kier molecular flexibility index (Phi) is 3.15. The summed E-state index contributed by atoms with van der Waals surface area (Å²) in [5, 5.41) is 8.75. The number of hydrogen-bond donors (Lipinski definition) is 2. The third kappa shape index (κ3) is 2.06. The molecule has 1 rings (SSSR count). The van der Waals surface area contributed by atoms with Crippen LogP contribution in [0.4, 0.5) is 0 Å². The van der Waals surface area contributed by atoms with Gasteiger partial charge >= 0.3 is 11.7 Å². The predicted octanol–water partition coefficient (Wildman–Crippen LogP) is 1.55. The molecule has 1 aromatic carbocycles. The zero-order chi connectivity index (χ0) is 10.6. The van der Waals surface area contributed by atoms with Crippen molar-refractivity contribution >= 4 is 11.7 Å². The number of nitrogens with one attached hydrogen (secondary N) is 1. The molecule has 1 unspecified atom stereocenters. The van der Waals surface area contributed by atoms with E-state index in [9.17, 15) is 4.79 Å². The van der Waals surface area contributed by atoms with Crippen LogP contribution in [0.15, 0.2) is 30.3 Å². The topological polar surface area (TPSA) is 75.2 Å². The van der Waals surface area contributed by atoms with Gasteiger partial charge < -0.3 is 5.11 Å². The van der Waals surface area contributed by atoms with E-state index in [2.05, 4.69) is 4.79 Å². The molecular formula is C10H11N2O2+. The Hall–Kier alpha value is -1.93. The van der Waals surface area contributed by atoms with Gasteiger partial charge in [0, 0.05) is 0 Å². The number of carboxylic acids is 1. The van der Waals surface area contributed by atoms with Crippen LogP contribution in [-0.4, -0.2) is 21.6 Å². The van der Waals surface area contributed by atoms with Crippen molar-refractivity contribution in [2.24, 2.45) is 0 Å². The average Bonchev–Trinajstić information content (AvgIpc) is 2.19. The van der Waals surface area contributed by atoms with E-state index in [0.717, 1.165) is 5.56 Å². The van der Waals surface area contributed by atoms with Crippen LogP contribution in [0.1, 0.15) is 18.4 Å². The normalized spacial score (nSPS) is 11.5. The second-order valence-corrected chi connectivity index (χ2v) is 2.93. The molecule has 0 amide bonds. The van der Waals surface area contributed by atoms with E-state index in [4.69, 9.17) is 10.6 Å². The van der Waals surface area contributed by atoms with Crippen molar-refractivity contribution in [3.63, 3.8) is 0 Å². The highest BCUT2D eigenvalue weighted by Crippen LogP contribution is 2.15. The number of nitrogens with zero attached hydrogens (tertiary/aromatic N) is 1. The lowest BCUT2D eigenvalue weighted by Gasteiger charge is -2.02. The number of hydrogen-bond acceptors (Lipinski definition) is 2. The smallest absolute Gasteiger partial charge is 0.431 e. The lowest BCUT2D eigenvalue weighted by atomic mass is 9.96. The Labute approximate surface area is 81.4 Å². The largest absolute Gasteiger partial charge is 0.473 e. The SMILES string of the molecule is CC(C(=[N+]=N)C(=O)O)c1ccccc1. The van der Waals surface area contributed by atoms with E-state index in [0.29, 0.717) is 0 Å². The van der Waals surface area contributed by atoms with Gasteiger partial charge in [0.1, 0.15) is 0 Å². The van der Waals surface area contributed by atoms with Crippen molar-refractivity contribution in [2.75, 3.05) is 0 Å². The van der Waals surface area contributed by atoms with Gasteiger partial charge in [0.15, 0.2) is 0 Å². The summed E-state index contributed by atoms with van der Waals surface area (Å²) < 4.78 is 0. The summed E-state index contributed by atoms with van der Waals surface area (Å²) in [6.07, 6.45) is 0. The van der Waals surface area contributed by atoms with Gasteiger partial charge in [-0.05, 0) is 12.5 Å². The number of rotatable bonds is 3. The molecule has 4 nitrogen and oxygen atoms in total. The fourth-order valence-corrected chi connectivity index (χ4v) is 1.23. The highest BCUT2D eigenvalue weighted by molar-refractivity contribution is 6.35. The third-order valence-electron chi connectivity index (χ3n) is 2.05. The molecule has 1 aromatic rings. The van der Waals surface area contributed by atoms with Gasteiger partial charge in [-0.1, -0.05) is 30.3 Å². The van der Waals surface area contributed by atoms with E-state index in [-0.39, 0.29) is 11.6 Å². The van der Waals surface area contributed by atoms with Gasteiger partial charge in [-0.2, -0.15) is 0 Å². The number of benzene rings is 1. The van der Waals surface area contributed by atoms with Crippen LogP contribution in [0.2, 0.25) is 0 Å². The zero-order valence-electron chi connectivity index (χ0n) is 7.77. The Morgan fingerprint density at radius 3 is 2.43 bits per heavy atom. The first-order valence-electron chi connectivity index (χ1n) is 4.19. The Morgan fingerprint density at radius 1 is 1.43 bits per heavy atom. The maximum absolute atomic E-state index is 10.7. The zero-order valence-corrected chi connectivity index (χ0v) is 7.77. The van der Waals surface area contributed by atoms with Crippen molar-refractivity contribution in [1.82, 2.24) is 0 Å². The van der Waals surface area contributed by atoms with Crippen LogP contribution in [0.5, 0.6) is 0 Å². The van der Waals surface area contributed by atoms with Crippen molar-refractivity contribution < 1.29 is 14.7 Å². The Bertz CT molecular complexity index is 380. The molecule has 0 aromatic heterocycles. The van der Waals surface area contributed by atoms with Crippen LogP contribution >= 0.6 is 0 Å². The van der Waals surface area contributed by atoms with Crippen LogP contribution in [-0.2, 0) is 4.79 Å². The molecule has 0 radical (unpaired) electrons. The number of carboxylic acid groups (broad SMARTS) is 1. The molecule has 0 spiro atoms. The molecule has 0 bridgehead atoms. The maximum atomic E-state index is 10.7. The second kappa shape index (κ2) is 4.35. The van der Waals surface area contributed by atoms with Crippen LogP contribution in [0, 0.1) is 5.53 Å². The molecule has 0 saturated heterocycles. The summed E-state index contributed by atoms with van der Waals surface area (Å²) in [7, 11) is 0. The lowest BCUT2D eigenvalue weighted by Crippen LogP contribution is -2.21. The van der Waals surface area contributed by atoms with Crippen LogP contribution in [0.3, 0.4) is 0 Å². The first-order chi connectivity index (χ1) is 6.66. The molecule has 0 aliphatic carbocycles. The summed E-state index contributed by atoms with van der Waals surface area (Å²) in [4.78, 5) is 13.7. The summed E-state index contributed by atoms with van der Waals surface area (Å²) in [5.41, 5.74) is 7.48. The molecule has 0 saturated carbocycles. The molecule has 1 atom stereocenters. The fourth-order valence-electron chi connectivity index (χ4n) is 1.23. The van der Waals surface area contributed by atoms with Crippen molar-refractivity contribution in [1.29, 1.82) is 5.53 Å². The molecule has 2 N–H and O–H groups in total. The average molecular weight is 191 g/mol. The minimum Gasteiger partial charge on any atom is -0.473 e. The summed E-state index contributed by atoms with van der Waals surface area (Å²) in [5.74, 6) is -1.50. The van der Waals surface area contributed by atoms with E-state index in [1.54, 1.807) is 6.92 Å². The number of carbonyl (C=O) groups is 1. The van der Waals surface area contributed by atoms with Gasteiger partial charge in [-0.15, -0.1) is 0 Å².